The molecule has 2 aliphatic rings. The number of carbonyl (C=O) groups is 2. The number of nitrogens with zero attached hydrogens (tertiary/aromatic N) is 2. The summed E-state index contributed by atoms with van der Waals surface area (Å²) < 4.78 is 5.64. The van der Waals surface area contributed by atoms with Gasteiger partial charge in [-0.3, -0.25) is 4.79 Å². The summed E-state index contributed by atoms with van der Waals surface area (Å²) in [6, 6.07) is 7.72. The van der Waals surface area contributed by atoms with Gasteiger partial charge in [0, 0.05) is 44.0 Å². The number of benzene rings is 1. The predicted octanol–water partition coefficient (Wildman–Crippen LogP) is 2.29. The number of urea groups is 1. The van der Waals surface area contributed by atoms with E-state index in [1.54, 1.807) is 6.92 Å². The number of amides is 2. The fourth-order valence-corrected chi connectivity index (χ4v) is 3.45. The van der Waals surface area contributed by atoms with Crippen LogP contribution in [0.5, 0.6) is 0 Å². The van der Waals surface area contributed by atoms with Crippen LogP contribution in [-0.2, 0) is 4.74 Å². The van der Waals surface area contributed by atoms with Crippen LogP contribution >= 0.6 is 0 Å². The molecule has 0 saturated carbocycles. The zero-order valence-corrected chi connectivity index (χ0v) is 15.0. The van der Waals surface area contributed by atoms with E-state index in [1.807, 2.05) is 36.1 Å². The van der Waals surface area contributed by atoms with Crippen LogP contribution in [0, 0.1) is 0 Å². The van der Waals surface area contributed by atoms with Crippen LogP contribution in [0.15, 0.2) is 24.3 Å². The smallest absolute Gasteiger partial charge is 0.317 e. The SMILES string of the molecule is CC(=O)c1ccc(N2CCN(C(=O)N[C@@H](C)[C@H]3CCCO3)CC2)cc1. The highest BCUT2D eigenvalue weighted by Crippen LogP contribution is 2.19. The first-order valence-electron chi connectivity index (χ1n) is 9.07. The van der Waals surface area contributed by atoms with Crippen molar-refractivity contribution in [2.45, 2.75) is 38.8 Å². The Balaban J connectivity index is 1.49. The Morgan fingerprint density at radius 3 is 2.40 bits per heavy atom. The molecule has 1 aromatic rings. The third-order valence-corrected chi connectivity index (χ3v) is 5.08. The Hall–Kier alpha value is -2.08. The van der Waals surface area contributed by atoms with Gasteiger partial charge < -0.3 is 19.9 Å². The average Bonchev–Trinajstić information content (AvgIpc) is 3.17. The first-order valence-corrected chi connectivity index (χ1v) is 9.07. The topological polar surface area (TPSA) is 61.9 Å². The number of ketones is 1. The van der Waals surface area contributed by atoms with Crippen LogP contribution < -0.4 is 10.2 Å². The molecule has 2 saturated heterocycles. The number of rotatable bonds is 4. The molecule has 0 spiro atoms. The maximum Gasteiger partial charge on any atom is 0.317 e. The largest absolute Gasteiger partial charge is 0.376 e. The number of ether oxygens (including phenoxy) is 1. The number of nitrogens with one attached hydrogen (secondary N) is 1. The summed E-state index contributed by atoms with van der Waals surface area (Å²) in [6.07, 6.45) is 2.24. The standard InChI is InChI=1S/C19H27N3O3/c1-14(18-4-3-13-25-18)20-19(24)22-11-9-21(10-12-22)17-7-5-16(6-8-17)15(2)23/h5-8,14,18H,3-4,9-13H2,1-2H3,(H,20,24)/t14-,18+/m0/s1. The minimum absolute atomic E-state index is 0.00502. The summed E-state index contributed by atoms with van der Waals surface area (Å²) in [5, 5.41) is 3.07. The molecule has 0 bridgehead atoms. The number of hydrogen-bond donors (Lipinski definition) is 1. The molecule has 6 nitrogen and oxygen atoms in total. The van der Waals surface area contributed by atoms with Crippen molar-refractivity contribution in [3.63, 3.8) is 0 Å². The van der Waals surface area contributed by atoms with Gasteiger partial charge in [0.1, 0.15) is 0 Å². The Morgan fingerprint density at radius 2 is 1.84 bits per heavy atom. The van der Waals surface area contributed by atoms with Gasteiger partial charge in [-0.25, -0.2) is 4.79 Å². The van der Waals surface area contributed by atoms with Gasteiger partial charge >= 0.3 is 6.03 Å². The van der Waals surface area contributed by atoms with E-state index in [4.69, 9.17) is 4.74 Å². The second kappa shape index (κ2) is 7.87. The normalized spacial score (nSPS) is 21.9. The zero-order chi connectivity index (χ0) is 17.8. The number of hydrogen-bond acceptors (Lipinski definition) is 4. The summed E-state index contributed by atoms with van der Waals surface area (Å²) in [5.41, 5.74) is 1.82. The van der Waals surface area contributed by atoms with Crippen molar-refractivity contribution >= 4 is 17.5 Å². The molecule has 0 aliphatic carbocycles. The Morgan fingerprint density at radius 1 is 1.16 bits per heavy atom. The quantitative estimate of drug-likeness (QED) is 0.851. The van der Waals surface area contributed by atoms with Crippen LogP contribution in [0.2, 0.25) is 0 Å². The lowest BCUT2D eigenvalue weighted by Crippen LogP contribution is -2.54. The lowest BCUT2D eigenvalue weighted by Gasteiger charge is -2.37. The van der Waals surface area contributed by atoms with Gasteiger partial charge in [0.25, 0.3) is 0 Å². The van der Waals surface area contributed by atoms with Gasteiger partial charge in [-0.1, -0.05) is 0 Å². The Bertz CT molecular complexity index is 603. The van der Waals surface area contributed by atoms with Gasteiger partial charge in [-0.2, -0.15) is 0 Å². The van der Waals surface area contributed by atoms with Gasteiger partial charge in [0.2, 0.25) is 0 Å². The van der Waals surface area contributed by atoms with Crippen LogP contribution in [0.4, 0.5) is 10.5 Å². The first-order chi connectivity index (χ1) is 12.0. The number of Topliss-reactive ketones (excluding diaryl/α,β-unsaturated/α-hetero) is 1. The van der Waals surface area contributed by atoms with Crippen molar-refractivity contribution < 1.29 is 14.3 Å². The van der Waals surface area contributed by atoms with Crippen molar-refractivity contribution in [2.75, 3.05) is 37.7 Å². The molecule has 0 aromatic heterocycles. The summed E-state index contributed by atoms with van der Waals surface area (Å²) in [4.78, 5) is 27.9. The van der Waals surface area contributed by atoms with E-state index in [0.717, 1.165) is 43.8 Å². The van der Waals surface area contributed by atoms with E-state index >= 15 is 0 Å². The maximum absolute atomic E-state index is 12.4. The minimum atomic E-state index is -0.00502. The summed E-state index contributed by atoms with van der Waals surface area (Å²) in [5.74, 6) is 0.0772. The van der Waals surface area contributed by atoms with Crippen molar-refractivity contribution in [3.8, 4) is 0 Å². The Kier molecular flexibility index (Phi) is 5.58. The second-order valence-corrected chi connectivity index (χ2v) is 6.87. The van der Waals surface area contributed by atoms with E-state index in [-0.39, 0.29) is 24.0 Å². The van der Waals surface area contributed by atoms with Crippen molar-refractivity contribution in [1.82, 2.24) is 10.2 Å². The lowest BCUT2D eigenvalue weighted by atomic mass is 10.1. The highest BCUT2D eigenvalue weighted by molar-refractivity contribution is 5.94. The van der Waals surface area contributed by atoms with Crippen LogP contribution in [0.25, 0.3) is 0 Å². The molecule has 136 valence electrons. The van der Waals surface area contributed by atoms with Crippen molar-refractivity contribution in [1.29, 1.82) is 0 Å². The van der Waals surface area contributed by atoms with Gasteiger partial charge in [-0.15, -0.1) is 0 Å². The molecule has 1 aromatic carbocycles. The molecule has 0 radical (unpaired) electrons. The minimum Gasteiger partial charge on any atom is -0.376 e. The predicted molar refractivity (Wildman–Crippen MR) is 97.2 cm³/mol. The highest BCUT2D eigenvalue weighted by Gasteiger charge is 2.27. The van der Waals surface area contributed by atoms with Crippen LogP contribution in [-0.4, -0.2) is 61.6 Å². The highest BCUT2D eigenvalue weighted by atomic mass is 16.5. The number of anilines is 1. The molecule has 2 atom stereocenters. The number of piperazine rings is 1. The molecule has 2 amide bonds. The molecule has 6 heteroatoms. The Labute approximate surface area is 149 Å². The zero-order valence-electron chi connectivity index (χ0n) is 15.0. The van der Waals surface area contributed by atoms with Crippen LogP contribution in [0.1, 0.15) is 37.0 Å². The van der Waals surface area contributed by atoms with Gasteiger partial charge in [0.15, 0.2) is 5.78 Å². The van der Waals surface area contributed by atoms with E-state index in [2.05, 4.69) is 10.2 Å². The first kappa shape index (κ1) is 17.7. The summed E-state index contributed by atoms with van der Waals surface area (Å²) in [7, 11) is 0. The van der Waals surface area contributed by atoms with E-state index < -0.39 is 0 Å². The molecule has 1 N–H and O–H groups in total. The van der Waals surface area contributed by atoms with Gasteiger partial charge in [-0.05, 0) is 51.0 Å². The third kappa shape index (κ3) is 4.31. The molecule has 0 unspecified atom stereocenters. The van der Waals surface area contributed by atoms with Crippen molar-refractivity contribution in [2.24, 2.45) is 0 Å². The van der Waals surface area contributed by atoms with Crippen LogP contribution in [0.3, 0.4) is 0 Å². The molecule has 2 fully saturated rings. The average molecular weight is 345 g/mol. The van der Waals surface area contributed by atoms with E-state index in [1.165, 1.54) is 0 Å². The van der Waals surface area contributed by atoms with Gasteiger partial charge in [0.05, 0.1) is 12.1 Å². The number of carbonyl (C=O) groups excluding carboxylic acids is 2. The summed E-state index contributed by atoms with van der Waals surface area (Å²) in [6.45, 7) is 7.36. The molecule has 3 rings (SSSR count). The maximum atomic E-state index is 12.4. The fourth-order valence-electron chi connectivity index (χ4n) is 3.45. The summed E-state index contributed by atoms with van der Waals surface area (Å²) >= 11 is 0. The lowest BCUT2D eigenvalue weighted by molar-refractivity contribution is 0.0831. The monoisotopic (exact) mass is 345 g/mol. The molecular formula is C19H27N3O3. The molecule has 2 heterocycles. The van der Waals surface area contributed by atoms with E-state index in [9.17, 15) is 9.59 Å². The molecule has 25 heavy (non-hydrogen) atoms. The van der Waals surface area contributed by atoms with E-state index in [0.29, 0.717) is 13.1 Å². The third-order valence-electron chi connectivity index (χ3n) is 5.08. The van der Waals surface area contributed by atoms with Crippen molar-refractivity contribution in [3.05, 3.63) is 29.8 Å². The second-order valence-electron chi connectivity index (χ2n) is 6.87. The molecule has 2 aliphatic heterocycles. The fraction of sp³-hybridized carbons (Fsp3) is 0.579. The molecular weight excluding hydrogens is 318 g/mol.